The van der Waals surface area contributed by atoms with Crippen molar-refractivity contribution in [3.63, 3.8) is 0 Å². The molecule has 0 saturated carbocycles. The summed E-state index contributed by atoms with van der Waals surface area (Å²) in [6, 6.07) is 0. The summed E-state index contributed by atoms with van der Waals surface area (Å²) in [4.78, 5) is 27.6. The Kier molecular flexibility index (Phi) is 8.63. The number of ketones is 1. The number of aliphatic imine (C=N–C) groups is 1. The predicted molar refractivity (Wildman–Crippen MR) is 86.2 cm³/mol. The number of unbranched alkanes of at least 4 members (excludes halogenated alkanes) is 6. The van der Waals surface area contributed by atoms with Gasteiger partial charge in [0.15, 0.2) is 0 Å². The summed E-state index contributed by atoms with van der Waals surface area (Å²) in [5.74, 6) is 0.454. The van der Waals surface area contributed by atoms with Gasteiger partial charge in [-0.05, 0) is 13.3 Å². The van der Waals surface area contributed by atoms with E-state index in [1.165, 1.54) is 32.1 Å². The molecule has 0 aromatic carbocycles. The Bertz CT molecular complexity index is 411. The van der Waals surface area contributed by atoms with Crippen LogP contribution < -0.4 is 5.32 Å². The Hall–Kier alpha value is -1.45. The minimum atomic E-state index is -0.232. The smallest absolute Gasteiger partial charge is 0.232 e. The lowest BCUT2D eigenvalue weighted by Gasteiger charge is -2.04. The van der Waals surface area contributed by atoms with Crippen LogP contribution in [-0.2, 0) is 9.59 Å². The fourth-order valence-electron chi connectivity index (χ4n) is 2.38. The van der Waals surface area contributed by atoms with Gasteiger partial charge in [-0.2, -0.15) is 0 Å². The van der Waals surface area contributed by atoms with Crippen molar-refractivity contribution < 1.29 is 9.59 Å². The molecule has 0 spiro atoms. The highest BCUT2D eigenvalue weighted by atomic mass is 16.2. The number of carbonyl (C=O) groups excluding carboxylic acids is 2. The molecular weight excluding hydrogens is 264 g/mol. The third kappa shape index (κ3) is 8.43. The van der Waals surface area contributed by atoms with Gasteiger partial charge in [0, 0.05) is 18.5 Å². The number of amidine groups is 1. The third-order valence-corrected chi connectivity index (χ3v) is 3.60. The van der Waals surface area contributed by atoms with Crippen molar-refractivity contribution in [2.45, 2.75) is 78.1 Å². The average Bonchev–Trinajstić information content (AvgIpc) is 2.82. The number of rotatable bonds is 10. The fourth-order valence-corrected chi connectivity index (χ4v) is 2.38. The Labute approximate surface area is 128 Å². The van der Waals surface area contributed by atoms with E-state index in [-0.39, 0.29) is 18.1 Å². The van der Waals surface area contributed by atoms with Crippen LogP contribution in [0.3, 0.4) is 0 Å². The molecule has 0 aromatic heterocycles. The van der Waals surface area contributed by atoms with Gasteiger partial charge in [-0.3, -0.25) is 9.59 Å². The number of carbonyl (C=O) groups is 2. The first-order chi connectivity index (χ1) is 10.1. The summed E-state index contributed by atoms with van der Waals surface area (Å²) in [7, 11) is 0. The molecule has 0 aromatic rings. The van der Waals surface area contributed by atoms with Crippen LogP contribution in [0, 0.1) is 0 Å². The molecule has 0 bridgehead atoms. The molecule has 1 aliphatic rings. The van der Waals surface area contributed by atoms with Crippen LogP contribution in [0.5, 0.6) is 0 Å². The van der Waals surface area contributed by atoms with Crippen molar-refractivity contribution in [1.29, 1.82) is 0 Å². The van der Waals surface area contributed by atoms with Gasteiger partial charge >= 0.3 is 0 Å². The van der Waals surface area contributed by atoms with Crippen molar-refractivity contribution in [3.05, 3.63) is 11.8 Å². The summed E-state index contributed by atoms with van der Waals surface area (Å²) >= 11 is 0. The maximum atomic E-state index is 11.7. The number of hydrogen-bond acceptors (Lipinski definition) is 3. The maximum absolute atomic E-state index is 11.7. The van der Waals surface area contributed by atoms with Gasteiger partial charge in [0.1, 0.15) is 11.6 Å². The summed E-state index contributed by atoms with van der Waals surface area (Å²) in [5.41, 5.74) is 0.916. The molecule has 0 aliphatic carbocycles. The van der Waals surface area contributed by atoms with Crippen molar-refractivity contribution in [2.75, 3.05) is 0 Å². The van der Waals surface area contributed by atoms with Crippen LogP contribution >= 0.6 is 0 Å². The lowest BCUT2D eigenvalue weighted by atomic mass is 10.1. The maximum Gasteiger partial charge on any atom is 0.232 e. The van der Waals surface area contributed by atoms with Crippen molar-refractivity contribution in [3.8, 4) is 0 Å². The molecule has 4 heteroatoms. The molecule has 0 radical (unpaired) electrons. The number of allylic oxidation sites excluding steroid dienone is 1. The van der Waals surface area contributed by atoms with E-state index in [0.717, 1.165) is 18.5 Å². The van der Waals surface area contributed by atoms with E-state index < -0.39 is 0 Å². The summed E-state index contributed by atoms with van der Waals surface area (Å²) in [6.07, 6.45) is 11.4. The van der Waals surface area contributed by atoms with Gasteiger partial charge in [-0.1, -0.05) is 51.5 Å². The fraction of sp³-hybridized carbons (Fsp3) is 0.706. The van der Waals surface area contributed by atoms with E-state index in [2.05, 4.69) is 17.2 Å². The first-order valence-electron chi connectivity index (χ1n) is 8.17. The van der Waals surface area contributed by atoms with Gasteiger partial charge in [0.2, 0.25) is 5.91 Å². The number of amides is 1. The highest BCUT2D eigenvalue weighted by molar-refractivity contribution is 6.06. The first-order valence-corrected chi connectivity index (χ1v) is 8.17. The highest BCUT2D eigenvalue weighted by Crippen LogP contribution is 2.10. The molecule has 0 unspecified atom stereocenters. The zero-order chi connectivity index (χ0) is 15.5. The van der Waals surface area contributed by atoms with Gasteiger partial charge in [0.25, 0.3) is 0 Å². The molecule has 0 saturated heterocycles. The summed E-state index contributed by atoms with van der Waals surface area (Å²) in [6.45, 7) is 4.10. The summed E-state index contributed by atoms with van der Waals surface area (Å²) in [5, 5.41) is 2.70. The van der Waals surface area contributed by atoms with Crippen LogP contribution in [0.25, 0.3) is 0 Å². The Morgan fingerprint density at radius 3 is 2.43 bits per heavy atom. The molecule has 1 rings (SSSR count). The molecule has 1 aliphatic heterocycles. The van der Waals surface area contributed by atoms with Gasteiger partial charge in [-0.25, -0.2) is 4.99 Å². The van der Waals surface area contributed by atoms with E-state index in [1.807, 2.05) is 13.0 Å². The SMILES string of the molecule is CCCCCCCCCC(=O)CC(=O)NC1=NC(C)=CC1. The van der Waals surface area contributed by atoms with Gasteiger partial charge in [-0.15, -0.1) is 0 Å². The number of nitrogens with zero attached hydrogens (tertiary/aromatic N) is 1. The van der Waals surface area contributed by atoms with Crippen LogP contribution in [0.4, 0.5) is 0 Å². The molecule has 1 heterocycles. The molecular formula is C17H28N2O2. The molecule has 21 heavy (non-hydrogen) atoms. The monoisotopic (exact) mass is 292 g/mol. The molecule has 0 fully saturated rings. The standard InChI is InChI=1S/C17H28N2O2/c1-3-4-5-6-7-8-9-10-15(20)13-17(21)19-16-12-11-14(2)18-16/h11H,3-10,12-13H2,1-2H3,(H,18,19,21). The topological polar surface area (TPSA) is 58.5 Å². The van der Waals surface area contributed by atoms with Crippen molar-refractivity contribution >= 4 is 17.5 Å². The third-order valence-electron chi connectivity index (χ3n) is 3.60. The second-order valence-corrected chi connectivity index (χ2v) is 5.74. The number of nitrogens with one attached hydrogen (secondary N) is 1. The molecule has 118 valence electrons. The van der Waals surface area contributed by atoms with E-state index >= 15 is 0 Å². The van der Waals surface area contributed by atoms with Crippen LogP contribution in [0.1, 0.15) is 78.1 Å². The molecule has 0 atom stereocenters. The largest absolute Gasteiger partial charge is 0.314 e. The average molecular weight is 292 g/mol. The van der Waals surface area contributed by atoms with Gasteiger partial charge in [0.05, 0.1) is 6.42 Å². The normalized spacial score (nSPS) is 13.8. The van der Waals surface area contributed by atoms with E-state index in [9.17, 15) is 9.59 Å². The van der Waals surface area contributed by atoms with Crippen molar-refractivity contribution in [2.24, 2.45) is 4.99 Å². The van der Waals surface area contributed by atoms with Gasteiger partial charge < -0.3 is 5.32 Å². The minimum absolute atomic E-state index is 0.0199. The zero-order valence-corrected chi connectivity index (χ0v) is 13.4. The Morgan fingerprint density at radius 1 is 1.14 bits per heavy atom. The zero-order valence-electron chi connectivity index (χ0n) is 13.4. The Balaban J connectivity index is 2.03. The molecule has 1 N–H and O–H groups in total. The highest BCUT2D eigenvalue weighted by Gasteiger charge is 2.13. The van der Waals surface area contributed by atoms with Crippen LogP contribution in [0.15, 0.2) is 16.8 Å². The van der Waals surface area contributed by atoms with Crippen LogP contribution in [0.2, 0.25) is 0 Å². The Morgan fingerprint density at radius 2 is 1.81 bits per heavy atom. The molecule has 4 nitrogen and oxygen atoms in total. The quantitative estimate of drug-likeness (QED) is 0.490. The van der Waals surface area contributed by atoms with Crippen molar-refractivity contribution in [1.82, 2.24) is 5.32 Å². The van der Waals surface area contributed by atoms with E-state index in [1.54, 1.807) is 0 Å². The second kappa shape index (κ2) is 10.3. The number of hydrogen-bond donors (Lipinski definition) is 1. The lowest BCUT2D eigenvalue weighted by molar-refractivity contribution is -0.127. The predicted octanol–water partition coefficient (Wildman–Crippen LogP) is 3.91. The van der Waals surface area contributed by atoms with Crippen LogP contribution in [-0.4, -0.2) is 17.5 Å². The molecule has 1 amide bonds. The second-order valence-electron chi connectivity index (χ2n) is 5.74. The first kappa shape index (κ1) is 17.6. The summed E-state index contributed by atoms with van der Waals surface area (Å²) < 4.78 is 0. The van der Waals surface area contributed by atoms with E-state index in [4.69, 9.17) is 0 Å². The number of Topliss-reactive ketones (excluding diaryl/α,β-unsaturated/α-hetero) is 1. The minimum Gasteiger partial charge on any atom is -0.314 e. The van der Waals surface area contributed by atoms with E-state index in [0.29, 0.717) is 18.7 Å². The lowest BCUT2D eigenvalue weighted by Crippen LogP contribution is -2.30.